The van der Waals surface area contributed by atoms with E-state index in [1.165, 1.54) is 12.8 Å². The van der Waals surface area contributed by atoms with Crippen LogP contribution in [-0.4, -0.2) is 34.4 Å². The number of amides is 1. The van der Waals surface area contributed by atoms with Crippen molar-refractivity contribution >= 4 is 11.6 Å². The Kier molecular flexibility index (Phi) is 3.55. The van der Waals surface area contributed by atoms with Gasteiger partial charge in [0.05, 0.1) is 0 Å². The minimum absolute atomic E-state index is 0.00426. The van der Waals surface area contributed by atoms with Crippen molar-refractivity contribution in [3.8, 4) is 0 Å². The molecule has 0 unspecified atom stereocenters. The van der Waals surface area contributed by atoms with E-state index in [0.29, 0.717) is 18.8 Å². The quantitative estimate of drug-likeness (QED) is 0.869. The van der Waals surface area contributed by atoms with Crippen LogP contribution in [-0.2, 0) is 0 Å². The molecule has 18 heavy (non-hydrogen) atoms. The minimum Gasteiger partial charge on any atom is -0.380 e. The van der Waals surface area contributed by atoms with Gasteiger partial charge >= 0.3 is 0 Å². The normalized spacial score (nSPS) is 16.2. The van der Waals surface area contributed by atoms with E-state index in [1.54, 1.807) is 11.1 Å². The van der Waals surface area contributed by atoms with Gasteiger partial charge in [-0.25, -0.2) is 0 Å². The van der Waals surface area contributed by atoms with E-state index in [4.69, 9.17) is 0 Å². The maximum absolute atomic E-state index is 12.2. The number of pyridine rings is 1. The zero-order valence-electron chi connectivity index (χ0n) is 11.4. The van der Waals surface area contributed by atoms with Crippen molar-refractivity contribution < 1.29 is 4.79 Å². The summed E-state index contributed by atoms with van der Waals surface area (Å²) in [5.41, 5.74) is 1.73. The van der Waals surface area contributed by atoms with Gasteiger partial charge in [0, 0.05) is 30.5 Å². The highest BCUT2D eigenvalue weighted by Crippen LogP contribution is 2.38. The van der Waals surface area contributed by atoms with Crippen LogP contribution in [0.25, 0.3) is 0 Å². The third-order valence-electron chi connectivity index (χ3n) is 3.48. The first-order chi connectivity index (χ1) is 8.58. The first kappa shape index (κ1) is 12.9. The highest BCUT2D eigenvalue weighted by Gasteiger charge is 2.37. The lowest BCUT2D eigenvalue weighted by molar-refractivity contribution is 0.0767. The van der Waals surface area contributed by atoms with E-state index in [9.17, 15) is 4.79 Å². The number of nitrogens with zero attached hydrogens (tertiary/aromatic N) is 2. The topological polar surface area (TPSA) is 45.2 Å². The van der Waals surface area contributed by atoms with Crippen molar-refractivity contribution in [2.75, 3.05) is 18.4 Å². The van der Waals surface area contributed by atoms with E-state index < -0.39 is 0 Å². The van der Waals surface area contributed by atoms with Gasteiger partial charge in [-0.05, 0) is 45.7 Å². The molecule has 1 aliphatic rings. The smallest absolute Gasteiger partial charge is 0.272 e. The van der Waals surface area contributed by atoms with E-state index in [0.717, 1.165) is 5.69 Å². The second kappa shape index (κ2) is 4.96. The molecule has 1 N–H and O–H groups in total. The third-order valence-corrected chi connectivity index (χ3v) is 3.48. The summed E-state index contributed by atoms with van der Waals surface area (Å²) in [4.78, 5) is 18.1. The third kappa shape index (κ3) is 2.81. The van der Waals surface area contributed by atoms with Crippen LogP contribution in [0.3, 0.4) is 0 Å². The van der Waals surface area contributed by atoms with Gasteiger partial charge in [-0.2, -0.15) is 0 Å². The monoisotopic (exact) mass is 247 g/mol. The predicted octanol–water partition coefficient (Wildman–Crippen LogP) is 2.53. The van der Waals surface area contributed by atoms with Crippen LogP contribution < -0.4 is 5.32 Å². The predicted molar refractivity (Wildman–Crippen MR) is 72.8 cm³/mol. The van der Waals surface area contributed by atoms with Crippen LogP contribution >= 0.6 is 0 Å². The lowest BCUT2D eigenvalue weighted by Gasteiger charge is -2.19. The minimum atomic E-state index is 0.00426. The van der Waals surface area contributed by atoms with Crippen LogP contribution in [0.15, 0.2) is 18.3 Å². The molecular weight excluding hydrogens is 226 g/mol. The van der Waals surface area contributed by atoms with Gasteiger partial charge in [0.2, 0.25) is 0 Å². The molecule has 1 heterocycles. The maximum atomic E-state index is 12.2. The molecule has 1 saturated carbocycles. The molecule has 1 amide bonds. The average Bonchev–Trinajstić information content (AvgIpc) is 3.08. The molecule has 0 spiro atoms. The van der Waals surface area contributed by atoms with Crippen molar-refractivity contribution in [2.45, 2.75) is 39.2 Å². The van der Waals surface area contributed by atoms with Crippen molar-refractivity contribution in [1.29, 1.82) is 0 Å². The molecule has 0 bridgehead atoms. The first-order valence-corrected chi connectivity index (χ1v) is 6.61. The fourth-order valence-corrected chi connectivity index (χ4v) is 1.96. The van der Waals surface area contributed by atoms with Gasteiger partial charge in [0.1, 0.15) is 5.69 Å². The molecule has 2 rings (SSSR count). The summed E-state index contributed by atoms with van der Waals surface area (Å²) in [6.07, 6.45) is 4.08. The molecule has 0 atom stereocenters. The van der Waals surface area contributed by atoms with E-state index in [2.05, 4.69) is 17.2 Å². The first-order valence-electron chi connectivity index (χ1n) is 6.61. The van der Waals surface area contributed by atoms with Crippen molar-refractivity contribution in [1.82, 2.24) is 9.88 Å². The molecule has 1 aromatic rings. The number of aromatic nitrogens is 1. The van der Waals surface area contributed by atoms with Crippen molar-refractivity contribution in [2.24, 2.45) is 0 Å². The molecule has 0 aromatic carbocycles. The molecule has 1 fully saturated rings. The molecule has 4 nitrogen and oxygen atoms in total. The van der Waals surface area contributed by atoms with Crippen LogP contribution in [0.1, 0.15) is 44.1 Å². The van der Waals surface area contributed by atoms with Crippen LogP contribution in [0.2, 0.25) is 0 Å². The zero-order valence-corrected chi connectivity index (χ0v) is 11.4. The molecule has 98 valence electrons. The molecule has 1 aliphatic carbocycles. The largest absolute Gasteiger partial charge is 0.380 e. The Labute approximate surface area is 108 Å². The standard InChI is InChI=1S/C14H21N3O/c1-4-17(5-2)13(18)12-10-11(6-9-15-12)16-14(3)7-8-14/h6,9-10H,4-5,7-8H2,1-3H3,(H,15,16). The van der Waals surface area contributed by atoms with Gasteiger partial charge in [-0.3, -0.25) is 9.78 Å². The number of hydrogen-bond acceptors (Lipinski definition) is 3. The molecule has 4 heteroatoms. The van der Waals surface area contributed by atoms with Gasteiger partial charge in [0.25, 0.3) is 5.91 Å². The summed E-state index contributed by atoms with van der Waals surface area (Å²) in [6.45, 7) is 7.58. The number of carbonyl (C=O) groups is 1. The molecule has 0 saturated heterocycles. The zero-order chi connectivity index (χ0) is 13.2. The van der Waals surface area contributed by atoms with E-state index in [-0.39, 0.29) is 11.4 Å². The Bertz CT molecular complexity index is 436. The fourth-order valence-electron chi connectivity index (χ4n) is 1.96. The second-order valence-electron chi connectivity index (χ2n) is 5.09. The number of carbonyl (C=O) groups excluding carboxylic acids is 1. The summed E-state index contributed by atoms with van der Waals surface area (Å²) in [6, 6.07) is 3.77. The lowest BCUT2D eigenvalue weighted by Crippen LogP contribution is -2.31. The Balaban J connectivity index is 2.13. The molecule has 0 aliphatic heterocycles. The highest BCUT2D eigenvalue weighted by atomic mass is 16.2. The Morgan fingerprint density at radius 3 is 2.67 bits per heavy atom. The Morgan fingerprint density at radius 1 is 1.44 bits per heavy atom. The summed E-state index contributed by atoms with van der Waals surface area (Å²) in [5.74, 6) is 0.00426. The summed E-state index contributed by atoms with van der Waals surface area (Å²) < 4.78 is 0. The summed E-state index contributed by atoms with van der Waals surface area (Å²) >= 11 is 0. The van der Waals surface area contributed by atoms with Crippen LogP contribution in [0.4, 0.5) is 5.69 Å². The highest BCUT2D eigenvalue weighted by molar-refractivity contribution is 5.93. The number of rotatable bonds is 5. The average molecular weight is 247 g/mol. The van der Waals surface area contributed by atoms with Crippen molar-refractivity contribution in [3.05, 3.63) is 24.0 Å². The Morgan fingerprint density at radius 2 is 2.11 bits per heavy atom. The Hall–Kier alpha value is -1.58. The molecular formula is C14H21N3O. The van der Waals surface area contributed by atoms with E-state index in [1.807, 2.05) is 26.0 Å². The van der Waals surface area contributed by atoms with Gasteiger partial charge in [0.15, 0.2) is 0 Å². The maximum Gasteiger partial charge on any atom is 0.272 e. The SMILES string of the molecule is CCN(CC)C(=O)c1cc(NC2(C)CC2)ccn1. The van der Waals surface area contributed by atoms with Gasteiger partial charge in [-0.15, -0.1) is 0 Å². The molecule has 0 radical (unpaired) electrons. The summed E-state index contributed by atoms with van der Waals surface area (Å²) in [5, 5.41) is 3.45. The van der Waals surface area contributed by atoms with Gasteiger partial charge in [-0.1, -0.05) is 0 Å². The fraction of sp³-hybridized carbons (Fsp3) is 0.571. The number of hydrogen-bond donors (Lipinski definition) is 1. The van der Waals surface area contributed by atoms with Crippen molar-refractivity contribution in [3.63, 3.8) is 0 Å². The lowest BCUT2D eigenvalue weighted by atomic mass is 10.2. The summed E-state index contributed by atoms with van der Waals surface area (Å²) in [7, 11) is 0. The van der Waals surface area contributed by atoms with Gasteiger partial charge < -0.3 is 10.2 Å². The second-order valence-corrected chi connectivity index (χ2v) is 5.09. The van der Waals surface area contributed by atoms with Crippen LogP contribution in [0.5, 0.6) is 0 Å². The van der Waals surface area contributed by atoms with Crippen LogP contribution in [0, 0.1) is 0 Å². The number of anilines is 1. The molecule has 1 aromatic heterocycles. The number of nitrogens with one attached hydrogen (secondary N) is 1. The van der Waals surface area contributed by atoms with E-state index >= 15 is 0 Å².